The lowest BCUT2D eigenvalue weighted by molar-refractivity contribution is 0.358. The Morgan fingerprint density at radius 2 is 2.17 bits per heavy atom. The summed E-state index contributed by atoms with van der Waals surface area (Å²) in [6.07, 6.45) is 3.39. The van der Waals surface area contributed by atoms with Crippen LogP contribution in [0.3, 0.4) is 0 Å². The number of hydrogen-bond donors (Lipinski definition) is 0. The second-order valence-electron chi connectivity index (χ2n) is 4.46. The molecular formula is C11H16BrN3O2S. The second kappa shape index (κ2) is 5.24. The lowest BCUT2D eigenvalue weighted by Crippen LogP contribution is -2.39. The Bertz CT molecular complexity index is 516. The molecule has 0 bridgehead atoms. The molecule has 7 heteroatoms. The van der Waals surface area contributed by atoms with E-state index >= 15 is 0 Å². The van der Waals surface area contributed by atoms with Crippen LogP contribution in [0.5, 0.6) is 0 Å². The fraction of sp³-hybridized carbons (Fsp3) is 0.545. The van der Waals surface area contributed by atoms with Gasteiger partial charge in [-0.2, -0.15) is 17.0 Å². The van der Waals surface area contributed by atoms with Crippen molar-refractivity contribution in [3.8, 4) is 0 Å². The van der Waals surface area contributed by atoms with Crippen molar-refractivity contribution in [1.29, 1.82) is 0 Å². The van der Waals surface area contributed by atoms with Gasteiger partial charge in [0.05, 0.1) is 11.7 Å². The molecule has 0 unspecified atom stereocenters. The van der Waals surface area contributed by atoms with Gasteiger partial charge >= 0.3 is 0 Å². The summed E-state index contributed by atoms with van der Waals surface area (Å²) in [6.45, 7) is 0.558. The summed E-state index contributed by atoms with van der Waals surface area (Å²) in [5, 5.41) is 0. The van der Waals surface area contributed by atoms with Crippen molar-refractivity contribution in [1.82, 2.24) is 13.6 Å². The molecule has 0 spiro atoms. The van der Waals surface area contributed by atoms with Crippen LogP contribution in [0.4, 0.5) is 0 Å². The molecule has 2 rings (SSSR count). The molecule has 1 aromatic heterocycles. The Labute approximate surface area is 116 Å². The van der Waals surface area contributed by atoms with Crippen molar-refractivity contribution in [3.63, 3.8) is 0 Å². The van der Waals surface area contributed by atoms with Crippen LogP contribution in [0.1, 0.15) is 24.6 Å². The Hall–Kier alpha value is -0.500. The lowest BCUT2D eigenvalue weighted by atomic mass is 10.1. The van der Waals surface area contributed by atoms with E-state index in [-0.39, 0.29) is 6.04 Å². The third-order valence-corrected chi connectivity index (χ3v) is 5.47. The molecule has 2 heterocycles. The fourth-order valence-corrected chi connectivity index (χ4v) is 3.65. The molecule has 0 N–H and O–H groups in total. The molecule has 1 aliphatic heterocycles. The van der Waals surface area contributed by atoms with Gasteiger partial charge in [-0.1, -0.05) is 0 Å². The van der Waals surface area contributed by atoms with Crippen molar-refractivity contribution >= 4 is 26.1 Å². The molecule has 0 saturated carbocycles. The summed E-state index contributed by atoms with van der Waals surface area (Å²) in [7, 11) is -0.259. The monoisotopic (exact) mass is 333 g/mol. The van der Waals surface area contributed by atoms with Crippen LogP contribution in [0.15, 0.2) is 22.8 Å². The predicted molar refractivity (Wildman–Crippen MR) is 73.2 cm³/mol. The smallest absolute Gasteiger partial charge is 0.258 e. The zero-order valence-electron chi connectivity index (χ0n) is 10.4. The van der Waals surface area contributed by atoms with E-state index in [0.717, 1.165) is 23.0 Å². The second-order valence-corrected chi connectivity index (χ2v) is 7.47. The summed E-state index contributed by atoms with van der Waals surface area (Å²) in [5.74, 6) is 0. The van der Waals surface area contributed by atoms with Crippen LogP contribution in [0.25, 0.3) is 0 Å². The molecule has 1 fully saturated rings. The highest BCUT2D eigenvalue weighted by Crippen LogP contribution is 2.33. The number of nitrogens with zero attached hydrogens (tertiary/aromatic N) is 3. The van der Waals surface area contributed by atoms with E-state index in [9.17, 15) is 8.42 Å². The number of rotatable bonds is 3. The van der Waals surface area contributed by atoms with Crippen LogP contribution < -0.4 is 0 Å². The van der Waals surface area contributed by atoms with Crippen molar-refractivity contribution in [2.24, 2.45) is 0 Å². The average molecular weight is 334 g/mol. The van der Waals surface area contributed by atoms with Gasteiger partial charge in [0.25, 0.3) is 10.2 Å². The normalized spacial score (nSPS) is 21.7. The van der Waals surface area contributed by atoms with Crippen LogP contribution in [-0.2, 0) is 10.2 Å². The SMILES string of the molecule is CN(C)S(=O)(=O)N1CCC[C@H]1c1ccc(Br)cn1. The van der Waals surface area contributed by atoms with E-state index in [0.29, 0.717) is 6.54 Å². The molecule has 0 radical (unpaired) electrons. The van der Waals surface area contributed by atoms with Crippen LogP contribution >= 0.6 is 15.9 Å². The summed E-state index contributed by atoms with van der Waals surface area (Å²) in [4.78, 5) is 4.31. The van der Waals surface area contributed by atoms with Gasteiger partial charge in [0.2, 0.25) is 0 Å². The summed E-state index contributed by atoms with van der Waals surface area (Å²) < 4.78 is 28.1. The quantitative estimate of drug-likeness (QED) is 0.847. The molecule has 18 heavy (non-hydrogen) atoms. The topological polar surface area (TPSA) is 53.5 Å². The lowest BCUT2D eigenvalue weighted by Gasteiger charge is -2.26. The molecule has 1 atom stereocenters. The van der Waals surface area contributed by atoms with E-state index < -0.39 is 10.2 Å². The maximum Gasteiger partial charge on any atom is 0.282 e. The summed E-state index contributed by atoms with van der Waals surface area (Å²) in [6, 6.07) is 3.62. The van der Waals surface area contributed by atoms with Crippen molar-refractivity contribution in [2.45, 2.75) is 18.9 Å². The Kier molecular flexibility index (Phi) is 4.05. The van der Waals surface area contributed by atoms with Gasteiger partial charge in [-0.05, 0) is 40.9 Å². The minimum Gasteiger partial charge on any atom is -0.258 e. The summed E-state index contributed by atoms with van der Waals surface area (Å²) >= 11 is 3.33. The molecule has 1 saturated heterocycles. The highest BCUT2D eigenvalue weighted by molar-refractivity contribution is 9.10. The van der Waals surface area contributed by atoms with E-state index in [1.807, 2.05) is 12.1 Å². The number of pyridine rings is 1. The molecule has 0 aromatic carbocycles. The fourth-order valence-electron chi connectivity index (χ4n) is 2.11. The first-order valence-electron chi connectivity index (χ1n) is 5.73. The van der Waals surface area contributed by atoms with Crippen molar-refractivity contribution in [2.75, 3.05) is 20.6 Å². The van der Waals surface area contributed by atoms with E-state index in [2.05, 4.69) is 20.9 Å². The highest BCUT2D eigenvalue weighted by atomic mass is 79.9. The Morgan fingerprint density at radius 1 is 1.44 bits per heavy atom. The Balaban J connectivity index is 2.31. The minimum atomic E-state index is -3.37. The Morgan fingerprint density at radius 3 is 2.72 bits per heavy atom. The van der Waals surface area contributed by atoms with Crippen LogP contribution in [0.2, 0.25) is 0 Å². The minimum absolute atomic E-state index is 0.148. The van der Waals surface area contributed by atoms with Gasteiger partial charge in [0, 0.05) is 31.3 Å². The number of hydrogen-bond acceptors (Lipinski definition) is 3. The van der Waals surface area contributed by atoms with Crippen molar-refractivity contribution in [3.05, 3.63) is 28.5 Å². The first-order valence-corrected chi connectivity index (χ1v) is 7.92. The van der Waals surface area contributed by atoms with Crippen LogP contribution in [0, 0.1) is 0 Å². The number of halogens is 1. The first kappa shape index (κ1) is 13.9. The first-order chi connectivity index (χ1) is 8.43. The van der Waals surface area contributed by atoms with Crippen molar-refractivity contribution < 1.29 is 8.42 Å². The summed E-state index contributed by atoms with van der Waals surface area (Å²) in [5.41, 5.74) is 0.807. The van der Waals surface area contributed by atoms with Crippen LogP contribution in [-0.4, -0.2) is 42.7 Å². The highest BCUT2D eigenvalue weighted by Gasteiger charge is 2.37. The van der Waals surface area contributed by atoms with E-state index in [1.165, 1.54) is 8.61 Å². The van der Waals surface area contributed by atoms with E-state index in [4.69, 9.17) is 0 Å². The molecule has 100 valence electrons. The standard InChI is InChI=1S/C11H16BrN3O2S/c1-14(2)18(16,17)15-7-3-4-11(15)10-6-5-9(12)8-13-10/h5-6,8,11H,3-4,7H2,1-2H3/t11-/m0/s1. The number of aromatic nitrogens is 1. The average Bonchev–Trinajstić information content (AvgIpc) is 2.79. The maximum absolute atomic E-state index is 12.2. The van der Waals surface area contributed by atoms with E-state index in [1.54, 1.807) is 20.3 Å². The molecule has 0 aliphatic carbocycles. The third-order valence-electron chi connectivity index (χ3n) is 3.05. The zero-order chi connectivity index (χ0) is 13.3. The molecular weight excluding hydrogens is 318 g/mol. The van der Waals surface area contributed by atoms with Gasteiger partial charge in [0.1, 0.15) is 0 Å². The third kappa shape index (κ3) is 2.59. The van der Waals surface area contributed by atoms with Gasteiger partial charge in [-0.15, -0.1) is 0 Å². The van der Waals surface area contributed by atoms with Gasteiger partial charge in [-0.25, -0.2) is 0 Å². The van der Waals surface area contributed by atoms with Gasteiger partial charge < -0.3 is 0 Å². The molecule has 1 aliphatic rings. The molecule has 1 aromatic rings. The van der Waals surface area contributed by atoms with Gasteiger partial charge in [-0.3, -0.25) is 4.98 Å². The largest absolute Gasteiger partial charge is 0.282 e. The predicted octanol–water partition coefficient (Wildman–Crippen LogP) is 1.79. The maximum atomic E-state index is 12.2. The zero-order valence-corrected chi connectivity index (χ0v) is 12.8. The molecule has 5 nitrogen and oxygen atoms in total. The van der Waals surface area contributed by atoms with Gasteiger partial charge in [0.15, 0.2) is 0 Å². The molecule has 0 amide bonds.